The van der Waals surface area contributed by atoms with Gasteiger partial charge in [-0.3, -0.25) is 19.1 Å². The molecule has 24 heavy (non-hydrogen) atoms. The number of hydrogen-bond acceptors (Lipinski definition) is 5. The van der Waals surface area contributed by atoms with Crippen molar-refractivity contribution in [3.63, 3.8) is 0 Å². The van der Waals surface area contributed by atoms with Gasteiger partial charge in [0.1, 0.15) is 5.54 Å². The van der Waals surface area contributed by atoms with Crippen molar-refractivity contribution in [3.8, 4) is 5.13 Å². The van der Waals surface area contributed by atoms with Crippen LogP contribution in [-0.2, 0) is 4.79 Å². The Hall–Kier alpha value is -2.48. The van der Waals surface area contributed by atoms with E-state index in [4.69, 9.17) is 0 Å². The van der Waals surface area contributed by atoms with E-state index in [1.165, 1.54) is 11.3 Å². The molecule has 0 saturated carbocycles. The summed E-state index contributed by atoms with van der Waals surface area (Å²) in [6, 6.07) is 1.23. The first-order valence-corrected chi connectivity index (χ1v) is 8.36. The number of imide groups is 1. The Morgan fingerprint density at radius 3 is 2.58 bits per heavy atom. The number of nitrogens with zero attached hydrogens (tertiary/aromatic N) is 3. The molecule has 0 unspecified atom stereocenters. The van der Waals surface area contributed by atoms with Gasteiger partial charge in [0.05, 0.1) is 6.54 Å². The molecule has 2 aromatic heterocycles. The summed E-state index contributed by atoms with van der Waals surface area (Å²) < 4.78 is 1.90. The van der Waals surface area contributed by atoms with Crippen molar-refractivity contribution in [2.45, 2.75) is 33.2 Å². The van der Waals surface area contributed by atoms with Gasteiger partial charge in [-0.25, -0.2) is 9.78 Å². The van der Waals surface area contributed by atoms with E-state index in [1.54, 1.807) is 26.1 Å². The quantitative estimate of drug-likeness (QED) is 0.678. The maximum Gasteiger partial charge on any atom is 0.325 e. The Bertz CT molecular complexity index is 836. The highest BCUT2D eigenvalue weighted by Crippen LogP contribution is 2.24. The van der Waals surface area contributed by atoms with Crippen LogP contribution in [0.3, 0.4) is 0 Å². The van der Waals surface area contributed by atoms with E-state index in [-0.39, 0.29) is 12.3 Å². The number of aromatic nitrogens is 2. The van der Waals surface area contributed by atoms with Gasteiger partial charge in [0.15, 0.2) is 10.9 Å². The monoisotopic (exact) mass is 346 g/mol. The number of aryl methyl sites for hydroxylation is 1. The SMILES string of the molecule is Cc1cc(C(=O)CN2C(=O)NC(C)(C)C2=O)c(C)n1-c1nccs1. The van der Waals surface area contributed by atoms with Crippen LogP contribution < -0.4 is 5.32 Å². The fraction of sp³-hybridized carbons (Fsp3) is 0.375. The summed E-state index contributed by atoms with van der Waals surface area (Å²) in [5.41, 5.74) is 1.14. The van der Waals surface area contributed by atoms with Crippen molar-refractivity contribution in [1.82, 2.24) is 19.8 Å². The summed E-state index contributed by atoms with van der Waals surface area (Å²) in [5, 5.41) is 5.22. The fourth-order valence-corrected chi connectivity index (χ4v) is 3.61. The number of amides is 3. The topological polar surface area (TPSA) is 84.3 Å². The maximum absolute atomic E-state index is 12.7. The van der Waals surface area contributed by atoms with E-state index in [2.05, 4.69) is 10.3 Å². The molecule has 2 aromatic rings. The lowest BCUT2D eigenvalue weighted by Gasteiger charge is -2.15. The molecule has 1 aliphatic heterocycles. The zero-order valence-electron chi connectivity index (χ0n) is 13.9. The normalized spacial score (nSPS) is 16.6. The van der Waals surface area contributed by atoms with Crippen molar-refractivity contribution in [1.29, 1.82) is 0 Å². The third-order valence-corrected chi connectivity index (χ3v) is 4.84. The second-order valence-corrected chi connectivity index (χ2v) is 7.18. The molecule has 3 amide bonds. The summed E-state index contributed by atoms with van der Waals surface area (Å²) in [4.78, 5) is 42.1. The molecule has 0 radical (unpaired) electrons. The summed E-state index contributed by atoms with van der Waals surface area (Å²) in [6.45, 7) is 6.69. The van der Waals surface area contributed by atoms with Crippen molar-refractivity contribution >= 4 is 29.1 Å². The third kappa shape index (κ3) is 2.52. The number of hydrogen-bond donors (Lipinski definition) is 1. The highest BCUT2D eigenvalue weighted by atomic mass is 32.1. The minimum absolute atomic E-state index is 0.268. The molecule has 3 heterocycles. The van der Waals surface area contributed by atoms with Gasteiger partial charge < -0.3 is 5.32 Å². The van der Waals surface area contributed by atoms with Crippen LogP contribution in [0.5, 0.6) is 0 Å². The minimum Gasteiger partial charge on any atom is -0.324 e. The summed E-state index contributed by atoms with van der Waals surface area (Å²) in [5.74, 6) is -0.665. The van der Waals surface area contributed by atoms with E-state index in [0.717, 1.165) is 21.4 Å². The zero-order chi connectivity index (χ0) is 17.6. The lowest BCUT2D eigenvalue weighted by Crippen LogP contribution is -2.41. The smallest absolute Gasteiger partial charge is 0.324 e. The van der Waals surface area contributed by atoms with Crippen molar-refractivity contribution in [3.05, 3.63) is 34.6 Å². The predicted octanol–water partition coefficient (Wildman–Crippen LogP) is 2.06. The molecule has 0 atom stereocenters. The molecular formula is C16H18N4O3S. The van der Waals surface area contributed by atoms with Gasteiger partial charge in [-0.2, -0.15) is 0 Å². The van der Waals surface area contributed by atoms with Gasteiger partial charge in [-0.05, 0) is 33.8 Å². The number of carbonyl (C=O) groups excluding carboxylic acids is 3. The zero-order valence-corrected chi connectivity index (χ0v) is 14.7. The van der Waals surface area contributed by atoms with Crippen LogP contribution in [0.4, 0.5) is 4.79 Å². The van der Waals surface area contributed by atoms with Gasteiger partial charge in [0.25, 0.3) is 5.91 Å². The molecule has 3 rings (SSSR count). The fourth-order valence-electron chi connectivity index (χ4n) is 2.86. The molecule has 1 N–H and O–H groups in total. The maximum atomic E-state index is 12.7. The number of rotatable bonds is 4. The van der Waals surface area contributed by atoms with Crippen molar-refractivity contribution < 1.29 is 14.4 Å². The molecule has 8 heteroatoms. The Morgan fingerprint density at radius 1 is 1.33 bits per heavy atom. The molecule has 1 aliphatic rings. The largest absolute Gasteiger partial charge is 0.325 e. The van der Waals surface area contributed by atoms with Crippen LogP contribution in [0.25, 0.3) is 5.13 Å². The van der Waals surface area contributed by atoms with Gasteiger partial charge in [-0.1, -0.05) is 0 Å². The number of ketones is 1. The Kier molecular flexibility index (Phi) is 3.79. The number of thiazole rings is 1. The molecule has 0 aromatic carbocycles. The van der Waals surface area contributed by atoms with E-state index >= 15 is 0 Å². The highest BCUT2D eigenvalue weighted by molar-refractivity contribution is 7.12. The van der Waals surface area contributed by atoms with E-state index < -0.39 is 17.5 Å². The van der Waals surface area contributed by atoms with Crippen LogP contribution in [0, 0.1) is 13.8 Å². The van der Waals surface area contributed by atoms with Crippen molar-refractivity contribution in [2.24, 2.45) is 0 Å². The van der Waals surface area contributed by atoms with Crippen LogP contribution in [-0.4, -0.2) is 44.3 Å². The number of urea groups is 1. The van der Waals surface area contributed by atoms with E-state index in [1.807, 2.05) is 23.8 Å². The molecule has 7 nitrogen and oxygen atoms in total. The van der Waals surface area contributed by atoms with Crippen LogP contribution >= 0.6 is 11.3 Å². The highest BCUT2D eigenvalue weighted by Gasteiger charge is 2.45. The van der Waals surface area contributed by atoms with Gasteiger partial charge in [0.2, 0.25) is 0 Å². The number of nitrogens with one attached hydrogen (secondary N) is 1. The summed E-state index contributed by atoms with van der Waals surface area (Å²) >= 11 is 1.47. The number of carbonyl (C=O) groups is 3. The Morgan fingerprint density at radius 2 is 2.04 bits per heavy atom. The standard InChI is InChI=1S/C16H18N4O3S/c1-9-7-11(10(2)20(9)15-17-5-6-24-15)12(21)8-19-13(22)16(3,4)18-14(19)23/h5-7H,8H2,1-4H3,(H,18,23). The van der Waals surface area contributed by atoms with Gasteiger partial charge in [0, 0.05) is 28.5 Å². The van der Waals surface area contributed by atoms with Crippen LogP contribution in [0.15, 0.2) is 17.6 Å². The Balaban J connectivity index is 1.88. The minimum atomic E-state index is -0.977. The van der Waals surface area contributed by atoms with Crippen molar-refractivity contribution in [2.75, 3.05) is 6.54 Å². The molecule has 0 spiro atoms. The first kappa shape index (κ1) is 16.4. The van der Waals surface area contributed by atoms with Gasteiger partial charge >= 0.3 is 6.03 Å². The average Bonchev–Trinajstić information content (AvgIpc) is 3.15. The second-order valence-electron chi connectivity index (χ2n) is 6.30. The average molecular weight is 346 g/mol. The van der Waals surface area contributed by atoms with Gasteiger partial charge in [-0.15, -0.1) is 11.3 Å². The molecule has 1 saturated heterocycles. The van der Waals surface area contributed by atoms with E-state index in [0.29, 0.717) is 5.56 Å². The predicted molar refractivity (Wildman–Crippen MR) is 89.6 cm³/mol. The molecule has 0 aliphatic carbocycles. The third-order valence-electron chi connectivity index (χ3n) is 4.09. The first-order valence-electron chi connectivity index (χ1n) is 7.48. The molecule has 126 valence electrons. The van der Waals surface area contributed by atoms with E-state index in [9.17, 15) is 14.4 Å². The lowest BCUT2D eigenvalue weighted by atomic mass is 10.1. The Labute approximate surface area is 143 Å². The molecular weight excluding hydrogens is 328 g/mol. The van der Waals surface area contributed by atoms with Crippen LogP contribution in [0.2, 0.25) is 0 Å². The second kappa shape index (κ2) is 5.55. The van der Waals surface area contributed by atoms with Crippen LogP contribution in [0.1, 0.15) is 35.6 Å². The lowest BCUT2D eigenvalue weighted by molar-refractivity contribution is -0.129. The summed E-state index contributed by atoms with van der Waals surface area (Å²) in [7, 11) is 0. The number of Topliss-reactive ketones (excluding diaryl/α,β-unsaturated/α-hetero) is 1. The molecule has 0 bridgehead atoms. The molecule has 1 fully saturated rings. The first-order chi connectivity index (χ1) is 11.2. The summed E-state index contributed by atoms with van der Waals surface area (Å²) in [6.07, 6.45) is 1.70.